The molecule has 8 nitrogen and oxygen atoms in total. The van der Waals surface area contributed by atoms with Gasteiger partial charge in [0.25, 0.3) is 5.56 Å². The van der Waals surface area contributed by atoms with Gasteiger partial charge in [0, 0.05) is 19.2 Å². The number of H-pyrrole nitrogens is 1. The largest absolute Gasteiger partial charge is 0.481 e. The molecule has 2 N–H and O–H groups in total. The summed E-state index contributed by atoms with van der Waals surface area (Å²) >= 11 is 0. The van der Waals surface area contributed by atoms with Crippen LogP contribution in [0.15, 0.2) is 42.0 Å². The fraction of sp³-hybridized carbons (Fsp3) is 0.333. The van der Waals surface area contributed by atoms with Gasteiger partial charge in [-0.25, -0.2) is 9.97 Å². The van der Waals surface area contributed by atoms with E-state index in [0.29, 0.717) is 11.6 Å². The smallest absolute Gasteiger partial charge is 0.288 e. The molecule has 0 spiro atoms. The maximum absolute atomic E-state index is 12.7. The molecule has 0 saturated carbocycles. The van der Waals surface area contributed by atoms with Crippen LogP contribution in [0.4, 0.5) is 16.0 Å². The van der Waals surface area contributed by atoms with Crippen LogP contribution in [0.3, 0.4) is 0 Å². The van der Waals surface area contributed by atoms with Gasteiger partial charge in [-0.15, -0.1) is 0 Å². The number of methoxy groups -OCH3 is 1. The Morgan fingerprint density at radius 3 is 2.59 bits per heavy atom. The summed E-state index contributed by atoms with van der Waals surface area (Å²) in [5, 5.41) is 2.77. The molecule has 9 heteroatoms. The molecule has 1 fully saturated rings. The lowest BCUT2D eigenvalue weighted by atomic mass is 10.1. The molecular weight excluding hydrogens is 353 g/mol. The predicted molar refractivity (Wildman–Crippen MR) is 99.5 cm³/mol. The highest BCUT2D eigenvalue weighted by Crippen LogP contribution is 2.13. The minimum absolute atomic E-state index is 0.0831. The lowest BCUT2D eigenvalue weighted by Crippen LogP contribution is -2.34. The number of hydrogen-bond acceptors (Lipinski definition) is 6. The number of aromatic nitrogens is 3. The van der Waals surface area contributed by atoms with Crippen LogP contribution in [-0.2, 0) is 4.79 Å². The molecule has 144 valence electrons. The van der Waals surface area contributed by atoms with Crippen LogP contribution in [0.25, 0.3) is 0 Å². The van der Waals surface area contributed by atoms with Crippen molar-refractivity contribution in [2.45, 2.75) is 19.3 Å². The Labute approximate surface area is 156 Å². The number of hydrogen-bond donors (Lipinski definition) is 2. The number of carbonyl (C=O) groups is 1. The number of ether oxygens (including phenoxy) is 1. The number of anilines is 2. The normalized spacial score (nSPS) is 13.2. The highest BCUT2D eigenvalue weighted by molar-refractivity contribution is 5.87. The standard InChI is InChI=1S/C10H9FN4O2.C8H13NO/c1-17-8-3-2-6(4-12-8)14-10-13-5-7(11)9(16)15-10;1-2-8(10)9-6-4-3-5-7-9/h2-5H,1H3,(H2,13,14,15,16);2H,1,3-7H2. The van der Waals surface area contributed by atoms with E-state index >= 15 is 0 Å². The van der Waals surface area contributed by atoms with E-state index < -0.39 is 11.4 Å². The SMILES string of the molecule is C=CC(=O)N1CCCCC1.COc1ccc(Nc2ncc(F)c(=O)[nH]2)cn1. The summed E-state index contributed by atoms with van der Waals surface area (Å²) in [6, 6.07) is 3.33. The molecule has 0 aromatic carbocycles. The van der Waals surface area contributed by atoms with E-state index in [1.165, 1.54) is 25.8 Å². The fourth-order valence-corrected chi connectivity index (χ4v) is 2.40. The Kier molecular flexibility index (Phi) is 7.48. The van der Waals surface area contributed by atoms with Crippen molar-refractivity contribution >= 4 is 17.5 Å². The number of piperidine rings is 1. The Morgan fingerprint density at radius 2 is 2.04 bits per heavy atom. The molecule has 0 bridgehead atoms. The van der Waals surface area contributed by atoms with Crippen LogP contribution in [0, 0.1) is 5.82 Å². The average Bonchev–Trinajstić information content (AvgIpc) is 2.72. The minimum Gasteiger partial charge on any atom is -0.481 e. The summed E-state index contributed by atoms with van der Waals surface area (Å²) in [7, 11) is 1.51. The van der Waals surface area contributed by atoms with Crippen molar-refractivity contribution < 1.29 is 13.9 Å². The van der Waals surface area contributed by atoms with Crippen LogP contribution in [-0.4, -0.2) is 46.0 Å². The van der Waals surface area contributed by atoms with Gasteiger partial charge in [-0.2, -0.15) is 4.39 Å². The quantitative estimate of drug-likeness (QED) is 0.795. The molecule has 1 saturated heterocycles. The van der Waals surface area contributed by atoms with Crippen molar-refractivity contribution in [3.8, 4) is 5.88 Å². The number of halogens is 1. The van der Waals surface area contributed by atoms with E-state index in [1.54, 1.807) is 12.1 Å². The minimum atomic E-state index is -0.927. The zero-order chi connectivity index (χ0) is 19.6. The van der Waals surface area contributed by atoms with Gasteiger partial charge in [-0.05, 0) is 31.4 Å². The zero-order valence-corrected chi connectivity index (χ0v) is 15.1. The molecule has 0 aliphatic carbocycles. The second-order valence-electron chi connectivity index (χ2n) is 5.71. The summed E-state index contributed by atoms with van der Waals surface area (Å²) in [5.74, 6) is -0.234. The summed E-state index contributed by atoms with van der Waals surface area (Å²) in [6.45, 7) is 5.29. The first kappa shape index (κ1) is 20.1. The lowest BCUT2D eigenvalue weighted by molar-refractivity contribution is -0.126. The van der Waals surface area contributed by atoms with E-state index in [-0.39, 0.29) is 11.9 Å². The number of nitrogens with one attached hydrogen (secondary N) is 2. The molecule has 27 heavy (non-hydrogen) atoms. The van der Waals surface area contributed by atoms with Crippen molar-refractivity contribution in [1.82, 2.24) is 19.9 Å². The van der Waals surface area contributed by atoms with Gasteiger partial charge in [0.05, 0.1) is 25.2 Å². The van der Waals surface area contributed by atoms with Gasteiger partial charge in [-0.1, -0.05) is 6.58 Å². The van der Waals surface area contributed by atoms with Crippen molar-refractivity contribution in [2.75, 3.05) is 25.5 Å². The van der Waals surface area contributed by atoms with E-state index in [4.69, 9.17) is 4.74 Å². The Hall–Kier alpha value is -3.23. The maximum atomic E-state index is 12.7. The summed E-state index contributed by atoms with van der Waals surface area (Å²) in [4.78, 5) is 33.7. The number of aromatic amines is 1. The Morgan fingerprint density at radius 1 is 1.30 bits per heavy atom. The predicted octanol–water partition coefficient (Wildman–Crippen LogP) is 2.24. The lowest BCUT2D eigenvalue weighted by Gasteiger charge is -2.25. The van der Waals surface area contributed by atoms with Gasteiger partial charge in [0.2, 0.25) is 23.6 Å². The number of pyridine rings is 1. The molecule has 0 radical (unpaired) electrons. The highest BCUT2D eigenvalue weighted by atomic mass is 19.1. The third-order valence-electron chi connectivity index (χ3n) is 3.81. The molecule has 2 aromatic rings. The van der Waals surface area contributed by atoms with Crippen LogP contribution >= 0.6 is 0 Å². The number of nitrogens with zero attached hydrogens (tertiary/aromatic N) is 3. The van der Waals surface area contributed by atoms with E-state index in [9.17, 15) is 14.0 Å². The molecule has 2 aromatic heterocycles. The van der Waals surface area contributed by atoms with Crippen LogP contribution in [0.1, 0.15) is 19.3 Å². The molecule has 3 heterocycles. The number of rotatable bonds is 4. The topological polar surface area (TPSA) is 100 Å². The van der Waals surface area contributed by atoms with Gasteiger partial charge < -0.3 is 15.0 Å². The Bertz CT molecular complexity index is 816. The summed E-state index contributed by atoms with van der Waals surface area (Å²) in [6.07, 6.45) is 7.31. The first-order chi connectivity index (χ1) is 13.0. The second kappa shape index (κ2) is 10.0. The van der Waals surface area contributed by atoms with Crippen molar-refractivity contribution in [3.63, 3.8) is 0 Å². The summed E-state index contributed by atoms with van der Waals surface area (Å²) < 4.78 is 17.6. The number of carbonyl (C=O) groups excluding carboxylic acids is 1. The molecule has 3 rings (SSSR count). The second-order valence-corrected chi connectivity index (χ2v) is 5.71. The van der Waals surface area contributed by atoms with Crippen molar-refractivity contribution in [1.29, 1.82) is 0 Å². The monoisotopic (exact) mass is 375 g/mol. The van der Waals surface area contributed by atoms with E-state index in [0.717, 1.165) is 32.1 Å². The zero-order valence-electron chi connectivity index (χ0n) is 15.1. The first-order valence-corrected chi connectivity index (χ1v) is 8.46. The number of likely N-dealkylation sites (tertiary alicyclic amines) is 1. The molecule has 1 aliphatic heterocycles. The maximum Gasteiger partial charge on any atom is 0.288 e. The van der Waals surface area contributed by atoms with E-state index in [2.05, 4.69) is 26.8 Å². The molecule has 0 unspecified atom stereocenters. The number of amides is 1. The van der Waals surface area contributed by atoms with Gasteiger partial charge in [0.1, 0.15) is 0 Å². The fourth-order valence-electron chi connectivity index (χ4n) is 2.40. The van der Waals surface area contributed by atoms with E-state index in [1.807, 2.05) is 4.90 Å². The van der Waals surface area contributed by atoms with Gasteiger partial charge >= 0.3 is 0 Å². The first-order valence-electron chi connectivity index (χ1n) is 8.46. The third-order valence-corrected chi connectivity index (χ3v) is 3.81. The van der Waals surface area contributed by atoms with Gasteiger partial charge in [-0.3, -0.25) is 14.6 Å². The average molecular weight is 375 g/mol. The summed E-state index contributed by atoms with van der Waals surface area (Å²) in [5.41, 5.74) is -0.232. The molecule has 1 aliphatic rings. The van der Waals surface area contributed by atoms with Crippen LogP contribution in [0.2, 0.25) is 0 Å². The van der Waals surface area contributed by atoms with Crippen LogP contribution < -0.4 is 15.6 Å². The van der Waals surface area contributed by atoms with Gasteiger partial charge in [0.15, 0.2) is 0 Å². The molecule has 1 amide bonds. The highest BCUT2D eigenvalue weighted by Gasteiger charge is 2.12. The van der Waals surface area contributed by atoms with Crippen LogP contribution in [0.5, 0.6) is 5.88 Å². The van der Waals surface area contributed by atoms with Crippen molar-refractivity contribution in [3.05, 3.63) is 53.4 Å². The molecular formula is C18H22FN5O3. The van der Waals surface area contributed by atoms with Crippen molar-refractivity contribution in [2.24, 2.45) is 0 Å². The third kappa shape index (κ3) is 6.21. The molecule has 0 atom stereocenters. The Balaban J connectivity index is 0.000000223.